The molecule has 10 aromatic rings. The molecular weight excluding hydrogens is 865 g/mol. The number of aryl methyl sites for hydroxylation is 2. The van der Waals surface area contributed by atoms with Crippen LogP contribution >= 0.6 is 0 Å². The van der Waals surface area contributed by atoms with Gasteiger partial charge in [0.15, 0.2) is 0 Å². The maximum absolute atomic E-state index is 7.28. The van der Waals surface area contributed by atoms with Gasteiger partial charge in [-0.2, -0.15) is 0 Å². The molecule has 1 radical (unpaired) electrons. The van der Waals surface area contributed by atoms with Crippen LogP contribution in [0.3, 0.4) is 0 Å². The molecule has 4 aromatic heterocycles. The van der Waals surface area contributed by atoms with E-state index in [2.05, 4.69) is 136 Å². The van der Waals surface area contributed by atoms with Crippen molar-refractivity contribution in [2.75, 3.05) is 0 Å². The molecule has 0 amide bonds. The van der Waals surface area contributed by atoms with Gasteiger partial charge in [-0.15, -0.1) is 35.4 Å². The third-order valence-electron chi connectivity index (χ3n) is 9.46. The molecule has 4 heterocycles. The molecule has 5 nitrogen and oxygen atoms in total. The molecule has 0 aliphatic heterocycles. The predicted molar refractivity (Wildman–Crippen MR) is 223 cm³/mol. The Morgan fingerprint density at radius 1 is 0.661 bits per heavy atom. The topological polar surface area (TPSA) is 48.8 Å². The number of hydrogen-bond acceptors (Lipinski definition) is 3. The Labute approximate surface area is 348 Å². The Bertz CT molecular complexity index is 2970. The fraction of sp³-hybridized carbons (Fsp3) is 0.0400. The van der Waals surface area contributed by atoms with E-state index in [9.17, 15) is 0 Å². The van der Waals surface area contributed by atoms with Gasteiger partial charge in [0, 0.05) is 75.6 Å². The first-order chi connectivity index (χ1) is 29.5. The van der Waals surface area contributed by atoms with Crippen LogP contribution in [0.4, 0.5) is 0 Å². The number of aromatic nitrogens is 4. The molecule has 0 saturated heterocycles. The Kier molecular flexibility index (Phi) is 8.51. The summed E-state index contributed by atoms with van der Waals surface area (Å²) in [5.74, 6) is 0.787. The summed E-state index contributed by atoms with van der Waals surface area (Å²) in [4.78, 5) is 9.28. The van der Waals surface area contributed by atoms with E-state index in [1.54, 1.807) is 12.1 Å². The minimum Gasteiger partial charge on any atom is -0.557 e. The standard InChI is InChI=1S/C37H24N3O.C13H12N.Ir/c1-3-12-26(13-4-1)29-16-11-17-30(27-14-5-2-6-15-27)36(29)40-34-19-8-7-18-33(34)38-37(40)32-25-41-35-21-20-28(24-31(32)35)39-22-9-10-23-39;1-10-3-6-12(7-4-10)13-8-5-11(2)9-14-13;/h1-24H;3-6,8-9H,1-2H3;/q2*-1;/i;1D3,2D3;. The van der Waals surface area contributed by atoms with Crippen molar-refractivity contribution in [3.05, 3.63) is 206 Å². The van der Waals surface area contributed by atoms with Crippen LogP contribution in [0.1, 0.15) is 19.4 Å². The quantitative estimate of drug-likeness (QED) is 0.156. The molecule has 0 unspecified atom stereocenters. The van der Waals surface area contributed by atoms with Crippen molar-refractivity contribution in [1.82, 2.24) is 19.1 Å². The number of imidazole rings is 1. The van der Waals surface area contributed by atoms with Gasteiger partial charge in [0.25, 0.3) is 0 Å². The minimum absolute atomic E-state index is 0. The van der Waals surface area contributed by atoms with Crippen molar-refractivity contribution in [3.63, 3.8) is 0 Å². The Balaban J connectivity index is 0.000000214. The zero-order chi connectivity index (χ0) is 42.1. The first kappa shape index (κ1) is 29.7. The van der Waals surface area contributed by atoms with Crippen LogP contribution in [-0.4, -0.2) is 19.1 Å². The third kappa shape index (κ3) is 7.16. The molecule has 0 spiro atoms. The summed E-state index contributed by atoms with van der Waals surface area (Å²) in [5.41, 5.74) is 11.7. The number of furan rings is 1. The van der Waals surface area contributed by atoms with Crippen LogP contribution in [0, 0.1) is 26.0 Å². The minimum atomic E-state index is -2.18. The summed E-state index contributed by atoms with van der Waals surface area (Å²) in [6.07, 6.45) is 8.61. The van der Waals surface area contributed by atoms with E-state index >= 15 is 0 Å². The normalized spacial score (nSPS) is 12.9. The van der Waals surface area contributed by atoms with Crippen molar-refractivity contribution >= 4 is 22.0 Å². The zero-order valence-electron chi connectivity index (χ0n) is 35.9. The second-order valence-electron chi connectivity index (χ2n) is 13.0. The number of nitrogens with zero attached hydrogens (tertiary/aromatic N) is 4. The van der Waals surface area contributed by atoms with Gasteiger partial charge in [0.2, 0.25) is 0 Å². The monoisotopic (exact) mass is 907 g/mol. The van der Waals surface area contributed by atoms with Crippen LogP contribution in [0.25, 0.3) is 78.3 Å². The Morgan fingerprint density at radius 2 is 1.36 bits per heavy atom. The molecule has 0 atom stereocenters. The molecule has 0 bridgehead atoms. The van der Waals surface area contributed by atoms with E-state index in [1.165, 1.54) is 24.4 Å². The number of rotatable bonds is 6. The summed E-state index contributed by atoms with van der Waals surface area (Å²) in [7, 11) is 0. The SMILES string of the molecule is [2H]C([2H])([2H])c1c[c-]c(-c2ccc(C([2H])([2H])[2H])cn2)cc1.[Ir].[c-]1oc2ccc(-n3cccc3)cc2c1-c1nc2ccccc2n1-c1c(-c2ccccc2)cccc1-c1ccccc1. The smallest absolute Gasteiger partial charge is 0.0774 e. The fourth-order valence-corrected chi connectivity index (χ4v) is 6.84. The maximum Gasteiger partial charge on any atom is 0.0774 e. The van der Waals surface area contributed by atoms with Gasteiger partial charge in [0.1, 0.15) is 0 Å². The molecule has 0 fully saturated rings. The van der Waals surface area contributed by atoms with E-state index in [1.807, 2.05) is 36.7 Å². The fourth-order valence-electron chi connectivity index (χ4n) is 6.84. The van der Waals surface area contributed by atoms with Gasteiger partial charge in [-0.3, -0.25) is 4.98 Å². The van der Waals surface area contributed by atoms with Crippen LogP contribution < -0.4 is 0 Å². The van der Waals surface area contributed by atoms with Crippen molar-refractivity contribution in [1.29, 1.82) is 0 Å². The van der Waals surface area contributed by atoms with Gasteiger partial charge in [-0.25, -0.2) is 0 Å². The second kappa shape index (κ2) is 16.0. The molecule has 0 aliphatic rings. The number of hydrogen-bond donors (Lipinski definition) is 0. The summed E-state index contributed by atoms with van der Waals surface area (Å²) in [5, 5.41) is 0.964. The molecule has 56 heavy (non-hydrogen) atoms. The molecule has 10 rings (SSSR count). The third-order valence-corrected chi connectivity index (χ3v) is 9.46. The predicted octanol–water partition coefficient (Wildman–Crippen LogP) is 12.5. The number of fused-ring (bicyclic) bond motifs is 2. The number of pyridine rings is 1. The molecule has 0 N–H and O–H groups in total. The molecule has 273 valence electrons. The first-order valence-corrected chi connectivity index (χ1v) is 17.8. The number of benzene rings is 6. The maximum atomic E-state index is 7.28. The first-order valence-electron chi connectivity index (χ1n) is 20.8. The average molecular weight is 907 g/mol. The van der Waals surface area contributed by atoms with Gasteiger partial charge >= 0.3 is 0 Å². The molecular formula is C50H36IrN4O-2. The van der Waals surface area contributed by atoms with Gasteiger partial charge < -0.3 is 18.5 Å². The Hall–Kier alpha value is -6.59. The summed E-state index contributed by atoms with van der Waals surface area (Å²) >= 11 is 0. The number of para-hydroxylation sites is 3. The molecule has 0 saturated carbocycles. The van der Waals surface area contributed by atoms with E-state index in [-0.39, 0.29) is 31.2 Å². The second-order valence-corrected chi connectivity index (χ2v) is 13.0. The van der Waals surface area contributed by atoms with E-state index in [4.69, 9.17) is 17.6 Å². The summed E-state index contributed by atoms with van der Waals surface area (Å²) in [6.45, 7) is -4.34. The van der Waals surface area contributed by atoms with E-state index in [0.29, 0.717) is 11.3 Å². The van der Waals surface area contributed by atoms with E-state index < -0.39 is 13.7 Å². The van der Waals surface area contributed by atoms with Gasteiger partial charge in [-0.1, -0.05) is 133 Å². The van der Waals surface area contributed by atoms with E-state index in [0.717, 1.165) is 67.0 Å². The summed E-state index contributed by atoms with van der Waals surface area (Å²) in [6, 6.07) is 56.6. The molecule has 6 aromatic carbocycles. The van der Waals surface area contributed by atoms with Crippen molar-refractivity contribution < 1.29 is 32.7 Å². The zero-order valence-corrected chi connectivity index (χ0v) is 32.2. The molecule has 0 aliphatic carbocycles. The van der Waals surface area contributed by atoms with Crippen LogP contribution in [0.5, 0.6) is 0 Å². The largest absolute Gasteiger partial charge is 0.557 e. The Morgan fingerprint density at radius 3 is 2.02 bits per heavy atom. The van der Waals surface area contributed by atoms with Gasteiger partial charge in [-0.05, 0) is 59.6 Å². The van der Waals surface area contributed by atoms with Crippen LogP contribution in [-0.2, 0) is 20.1 Å². The van der Waals surface area contributed by atoms with Crippen LogP contribution in [0.15, 0.2) is 187 Å². The summed E-state index contributed by atoms with van der Waals surface area (Å²) < 4.78 is 54.0. The van der Waals surface area contributed by atoms with Crippen molar-refractivity contribution in [3.8, 4) is 56.3 Å². The van der Waals surface area contributed by atoms with Crippen molar-refractivity contribution in [2.45, 2.75) is 13.7 Å². The van der Waals surface area contributed by atoms with Crippen LogP contribution in [0.2, 0.25) is 0 Å². The average Bonchev–Trinajstić information content (AvgIpc) is 4.06. The van der Waals surface area contributed by atoms with Crippen molar-refractivity contribution in [2.24, 2.45) is 0 Å². The molecule has 6 heteroatoms. The van der Waals surface area contributed by atoms with Gasteiger partial charge in [0.05, 0.1) is 22.5 Å².